The van der Waals surface area contributed by atoms with Crippen LogP contribution in [0.15, 0.2) is 0 Å². The number of rotatable bonds is 2. The summed E-state index contributed by atoms with van der Waals surface area (Å²) in [6.45, 7) is 7.82. The maximum absolute atomic E-state index is 9.30. The van der Waals surface area contributed by atoms with Crippen LogP contribution in [0.2, 0.25) is 0 Å². The van der Waals surface area contributed by atoms with Crippen molar-refractivity contribution >= 4 is 0 Å². The Labute approximate surface area is 96.7 Å². The first-order valence-corrected chi connectivity index (χ1v) is 6.04. The Hall–Kier alpha value is -0.900. The van der Waals surface area contributed by atoms with E-state index in [1.165, 1.54) is 0 Å². The lowest BCUT2D eigenvalue weighted by molar-refractivity contribution is 0.236. The van der Waals surface area contributed by atoms with E-state index in [-0.39, 0.29) is 17.9 Å². The summed E-state index contributed by atoms with van der Waals surface area (Å²) >= 11 is 0. The van der Waals surface area contributed by atoms with Gasteiger partial charge in [-0.1, -0.05) is 20.8 Å². The molecule has 2 heterocycles. The second kappa shape index (κ2) is 4.17. The zero-order chi connectivity index (χ0) is 11.8. The Bertz CT molecular complexity index is 365. The van der Waals surface area contributed by atoms with E-state index in [0.29, 0.717) is 0 Å². The number of aliphatic hydroxyl groups is 1. The van der Waals surface area contributed by atoms with E-state index in [9.17, 15) is 5.11 Å². The highest BCUT2D eigenvalue weighted by molar-refractivity contribution is 5.06. The van der Waals surface area contributed by atoms with Crippen LogP contribution in [0, 0.1) is 5.41 Å². The molecule has 0 aliphatic carbocycles. The fourth-order valence-electron chi connectivity index (χ4n) is 2.30. The number of aliphatic hydroxyl groups excluding tert-OH is 1. The monoisotopic (exact) mass is 223 g/mol. The summed E-state index contributed by atoms with van der Waals surface area (Å²) in [5.41, 5.74) is 0.232. The minimum Gasteiger partial charge on any atom is -0.396 e. The van der Waals surface area contributed by atoms with E-state index in [1.807, 2.05) is 0 Å². The van der Waals surface area contributed by atoms with Gasteiger partial charge in [0.1, 0.15) is 11.6 Å². The van der Waals surface area contributed by atoms with E-state index in [2.05, 4.69) is 35.5 Å². The molecule has 1 aliphatic rings. The molecule has 16 heavy (non-hydrogen) atoms. The average Bonchev–Trinajstić information content (AvgIpc) is 2.59. The summed E-state index contributed by atoms with van der Waals surface area (Å²) in [4.78, 5) is 0. The van der Waals surface area contributed by atoms with Gasteiger partial charge in [0.2, 0.25) is 0 Å². The number of hydrogen-bond donors (Lipinski definition) is 1. The van der Waals surface area contributed by atoms with E-state index < -0.39 is 0 Å². The first kappa shape index (κ1) is 11.6. The smallest absolute Gasteiger partial charge is 0.138 e. The standard InChI is InChI=1S/C12H21N3O/c1-12(2,3)7-10-13-14-11-9(8-16)5-4-6-15(10)11/h9,16H,4-8H2,1-3H3. The molecule has 0 saturated carbocycles. The van der Waals surface area contributed by atoms with Crippen molar-refractivity contribution in [3.05, 3.63) is 11.6 Å². The van der Waals surface area contributed by atoms with Gasteiger partial charge in [-0.15, -0.1) is 10.2 Å². The van der Waals surface area contributed by atoms with Gasteiger partial charge in [-0.05, 0) is 18.3 Å². The highest BCUT2D eigenvalue weighted by atomic mass is 16.3. The van der Waals surface area contributed by atoms with Crippen molar-refractivity contribution in [2.75, 3.05) is 6.61 Å². The molecular weight excluding hydrogens is 202 g/mol. The minimum absolute atomic E-state index is 0.188. The van der Waals surface area contributed by atoms with Gasteiger partial charge < -0.3 is 9.67 Å². The molecule has 0 radical (unpaired) electrons. The second-order valence-electron chi connectivity index (χ2n) is 5.89. The molecule has 1 aromatic heterocycles. The maximum atomic E-state index is 9.30. The summed E-state index contributed by atoms with van der Waals surface area (Å²) in [7, 11) is 0. The zero-order valence-corrected chi connectivity index (χ0v) is 10.4. The molecule has 0 fully saturated rings. The quantitative estimate of drug-likeness (QED) is 0.830. The van der Waals surface area contributed by atoms with Crippen LogP contribution >= 0.6 is 0 Å². The maximum Gasteiger partial charge on any atom is 0.138 e. The van der Waals surface area contributed by atoms with E-state index in [1.54, 1.807) is 0 Å². The van der Waals surface area contributed by atoms with E-state index >= 15 is 0 Å². The molecule has 4 nitrogen and oxygen atoms in total. The lowest BCUT2D eigenvalue weighted by Gasteiger charge is -2.24. The van der Waals surface area contributed by atoms with Crippen molar-refractivity contribution in [2.45, 2.75) is 52.5 Å². The Kier molecular flexibility index (Phi) is 3.02. The molecule has 2 rings (SSSR count). The van der Waals surface area contributed by atoms with Crippen LogP contribution in [0.25, 0.3) is 0 Å². The minimum atomic E-state index is 0.188. The van der Waals surface area contributed by atoms with Gasteiger partial charge in [0.05, 0.1) is 6.61 Å². The van der Waals surface area contributed by atoms with Gasteiger partial charge in [-0.25, -0.2) is 0 Å². The lowest BCUT2D eigenvalue weighted by Crippen LogP contribution is -2.22. The molecule has 0 saturated heterocycles. The number of hydrogen-bond acceptors (Lipinski definition) is 3. The Balaban J connectivity index is 2.26. The Morgan fingerprint density at radius 3 is 2.75 bits per heavy atom. The van der Waals surface area contributed by atoms with E-state index in [4.69, 9.17) is 0 Å². The third-order valence-corrected chi connectivity index (χ3v) is 3.06. The van der Waals surface area contributed by atoms with Crippen molar-refractivity contribution in [2.24, 2.45) is 5.41 Å². The van der Waals surface area contributed by atoms with Crippen molar-refractivity contribution < 1.29 is 5.11 Å². The fraction of sp³-hybridized carbons (Fsp3) is 0.833. The average molecular weight is 223 g/mol. The van der Waals surface area contributed by atoms with Gasteiger partial charge in [0.15, 0.2) is 0 Å². The first-order chi connectivity index (χ1) is 7.51. The highest BCUT2D eigenvalue weighted by Gasteiger charge is 2.26. The summed E-state index contributed by atoms with van der Waals surface area (Å²) in [5, 5.41) is 17.8. The van der Waals surface area contributed by atoms with E-state index in [0.717, 1.165) is 37.5 Å². The molecule has 1 atom stereocenters. The molecule has 4 heteroatoms. The van der Waals surface area contributed by atoms with Crippen LogP contribution in [-0.2, 0) is 13.0 Å². The molecule has 0 bridgehead atoms. The molecule has 0 amide bonds. The third kappa shape index (κ3) is 2.26. The number of fused-ring (bicyclic) bond motifs is 1. The van der Waals surface area contributed by atoms with Crippen molar-refractivity contribution in [1.29, 1.82) is 0 Å². The fourth-order valence-corrected chi connectivity index (χ4v) is 2.30. The van der Waals surface area contributed by atoms with Crippen LogP contribution in [0.4, 0.5) is 0 Å². The summed E-state index contributed by atoms with van der Waals surface area (Å²) < 4.78 is 2.20. The summed E-state index contributed by atoms with van der Waals surface area (Å²) in [5.74, 6) is 2.24. The third-order valence-electron chi connectivity index (χ3n) is 3.06. The van der Waals surface area contributed by atoms with Crippen molar-refractivity contribution in [3.8, 4) is 0 Å². The highest BCUT2D eigenvalue weighted by Crippen LogP contribution is 2.28. The zero-order valence-electron chi connectivity index (χ0n) is 10.4. The molecule has 1 aromatic rings. The van der Waals surface area contributed by atoms with Crippen LogP contribution in [0.5, 0.6) is 0 Å². The summed E-state index contributed by atoms with van der Waals surface area (Å²) in [6, 6.07) is 0. The van der Waals surface area contributed by atoms with Crippen LogP contribution in [0.3, 0.4) is 0 Å². The van der Waals surface area contributed by atoms with Crippen LogP contribution in [0.1, 0.15) is 51.2 Å². The first-order valence-electron chi connectivity index (χ1n) is 6.04. The normalized spacial score (nSPS) is 20.9. The van der Waals surface area contributed by atoms with Crippen LogP contribution in [-0.4, -0.2) is 26.5 Å². The molecule has 90 valence electrons. The van der Waals surface area contributed by atoms with Gasteiger partial charge in [0.25, 0.3) is 0 Å². The molecular formula is C12H21N3O. The van der Waals surface area contributed by atoms with Crippen molar-refractivity contribution in [1.82, 2.24) is 14.8 Å². The topological polar surface area (TPSA) is 50.9 Å². The summed E-state index contributed by atoms with van der Waals surface area (Å²) in [6.07, 6.45) is 3.09. The number of aromatic nitrogens is 3. The molecule has 0 aromatic carbocycles. The number of nitrogens with zero attached hydrogens (tertiary/aromatic N) is 3. The predicted octanol–water partition coefficient (Wildman–Crippen LogP) is 1.74. The lowest BCUT2D eigenvalue weighted by atomic mass is 9.91. The van der Waals surface area contributed by atoms with Crippen molar-refractivity contribution in [3.63, 3.8) is 0 Å². The van der Waals surface area contributed by atoms with Gasteiger partial charge in [-0.3, -0.25) is 0 Å². The largest absolute Gasteiger partial charge is 0.396 e. The van der Waals surface area contributed by atoms with Gasteiger partial charge in [-0.2, -0.15) is 0 Å². The van der Waals surface area contributed by atoms with Gasteiger partial charge in [0, 0.05) is 18.9 Å². The molecule has 1 N–H and O–H groups in total. The molecule has 1 unspecified atom stereocenters. The Morgan fingerprint density at radius 2 is 2.12 bits per heavy atom. The SMILES string of the molecule is CC(C)(C)Cc1nnc2n1CCCC2CO. The van der Waals surface area contributed by atoms with Crippen LogP contribution < -0.4 is 0 Å². The second-order valence-corrected chi connectivity index (χ2v) is 5.89. The Morgan fingerprint density at radius 1 is 1.38 bits per heavy atom. The van der Waals surface area contributed by atoms with Gasteiger partial charge >= 0.3 is 0 Å². The molecule has 1 aliphatic heterocycles. The predicted molar refractivity (Wildman–Crippen MR) is 62.2 cm³/mol. The molecule has 0 spiro atoms.